The first-order chi connectivity index (χ1) is 18.5. The maximum Gasteiger partial charge on any atom is 0.255 e. The third-order valence-corrected chi connectivity index (χ3v) is 9.47. The van der Waals surface area contributed by atoms with Crippen molar-refractivity contribution < 1.29 is 19.1 Å². The van der Waals surface area contributed by atoms with Crippen molar-refractivity contribution in [3.63, 3.8) is 0 Å². The van der Waals surface area contributed by atoms with Crippen LogP contribution in [-0.4, -0.2) is 72.9 Å². The molecule has 2 aromatic carbocycles. The molecule has 5 aliphatic rings. The molecule has 198 valence electrons. The fourth-order valence-electron chi connectivity index (χ4n) is 7.28. The van der Waals surface area contributed by atoms with E-state index in [1.165, 1.54) is 17.7 Å². The zero-order valence-corrected chi connectivity index (χ0v) is 21.7. The Bertz CT molecular complexity index is 1290. The zero-order chi connectivity index (χ0) is 25.9. The molecule has 2 aromatic rings. The van der Waals surface area contributed by atoms with Crippen LogP contribution in [0, 0.1) is 5.92 Å². The molecule has 3 saturated heterocycles. The minimum Gasteiger partial charge on any atom is -0.492 e. The Morgan fingerprint density at radius 3 is 2.58 bits per heavy atom. The quantitative estimate of drug-likeness (QED) is 0.632. The normalized spacial score (nSPS) is 26.5. The lowest BCUT2D eigenvalue weighted by atomic mass is 9.73. The van der Waals surface area contributed by atoms with E-state index in [0.717, 1.165) is 56.9 Å². The van der Waals surface area contributed by atoms with Gasteiger partial charge in [0, 0.05) is 53.8 Å². The Morgan fingerprint density at radius 2 is 1.79 bits per heavy atom. The highest BCUT2D eigenvalue weighted by atomic mass is 16.5. The largest absolute Gasteiger partial charge is 0.492 e. The van der Waals surface area contributed by atoms with E-state index < -0.39 is 6.04 Å². The van der Waals surface area contributed by atoms with Gasteiger partial charge < -0.3 is 19.4 Å². The summed E-state index contributed by atoms with van der Waals surface area (Å²) in [6.45, 7) is 6.55. The van der Waals surface area contributed by atoms with E-state index in [1.54, 1.807) is 4.90 Å². The number of benzene rings is 2. The summed E-state index contributed by atoms with van der Waals surface area (Å²) in [5.74, 6) is 0.766. The Kier molecular flexibility index (Phi) is 5.69. The number of imide groups is 1. The molecule has 7 rings (SSSR count). The summed E-state index contributed by atoms with van der Waals surface area (Å²) in [6.07, 6.45) is 3.98. The topological polar surface area (TPSA) is 82.2 Å². The van der Waals surface area contributed by atoms with E-state index in [-0.39, 0.29) is 29.6 Å². The van der Waals surface area contributed by atoms with Crippen molar-refractivity contribution in [3.8, 4) is 5.75 Å². The average Bonchev–Trinajstić information content (AvgIpc) is 3.63. The molecular formula is C30H34N4O4. The third-order valence-electron chi connectivity index (χ3n) is 9.47. The molecule has 8 heteroatoms. The van der Waals surface area contributed by atoms with Crippen molar-refractivity contribution in [2.24, 2.45) is 5.92 Å². The highest BCUT2D eigenvalue weighted by Crippen LogP contribution is 2.49. The summed E-state index contributed by atoms with van der Waals surface area (Å²) in [5, 5.41) is 2.38. The summed E-state index contributed by atoms with van der Waals surface area (Å²) >= 11 is 0. The van der Waals surface area contributed by atoms with Crippen molar-refractivity contribution in [2.45, 2.75) is 50.1 Å². The highest BCUT2D eigenvalue weighted by Gasteiger charge is 2.47. The number of likely N-dealkylation sites (tertiary alicyclic amines) is 1. The smallest absolute Gasteiger partial charge is 0.255 e. The van der Waals surface area contributed by atoms with Gasteiger partial charge in [-0.25, -0.2) is 0 Å². The number of rotatable bonds is 4. The summed E-state index contributed by atoms with van der Waals surface area (Å²) in [4.78, 5) is 44.0. The van der Waals surface area contributed by atoms with Gasteiger partial charge in [0.2, 0.25) is 11.8 Å². The van der Waals surface area contributed by atoms with E-state index in [4.69, 9.17) is 4.74 Å². The SMILES string of the molecule is O=C1CCC(N2Cc3c(ccc4c3OCC43CCN(CC4CCN(c5ccccc5)C4)CC3)C2=O)C(=O)N1. The first kappa shape index (κ1) is 23.7. The minimum absolute atomic E-state index is 0.00227. The molecule has 0 radical (unpaired) electrons. The van der Waals surface area contributed by atoms with Gasteiger partial charge in [-0.2, -0.15) is 0 Å². The number of hydrogen-bond acceptors (Lipinski definition) is 6. The van der Waals surface area contributed by atoms with E-state index in [1.807, 2.05) is 6.07 Å². The van der Waals surface area contributed by atoms with Gasteiger partial charge in [0.15, 0.2) is 0 Å². The summed E-state index contributed by atoms with van der Waals surface area (Å²) in [7, 11) is 0. The van der Waals surface area contributed by atoms with Crippen molar-refractivity contribution in [1.82, 2.24) is 15.1 Å². The van der Waals surface area contributed by atoms with Crippen LogP contribution in [0.15, 0.2) is 42.5 Å². The number of carbonyl (C=O) groups is 3. The molecule has 38 heavy (non-hydrogen) atoms. The molecule has 2 unspecified atom stereocenters. The van der Waals surface area contributed by atoms with E-state index in [0.29, 0.717) is 31.1 Å². The molecule has 0 aromatic heterocycles. The van der Waals surface area contributed by atoms with Gasteiger partial charge >= 0.3 is 0 Å². The van der Waals surface area contributed by atoms with Crippen LogP contribution in [0.5, 0.6) is 5.75 Å². The number of carbonyl (C=O) groups excluding carboxylic acids is 3. The van der Waals surface area contributed by atoms with Gasteiger partial charge in [-0.3, -0.25) is 19.7 Å². The van der Waals surface area contributed by atoms with E-state index in [2.05, 4.69) is 51.5 Å². The molecule has 1 N–H and O–H groups in total. The zero-order valence-electron chi connectivity index (χ0n) is 21.7. The molecule has 8 nitrogen and oxygen atoms in total. The number of hydrogen-bond donors (Lipinski definition) is 1. The Morgan fingerprint density at radius 1 is 0.974 bits per heavy atom. The molecule has 0 bridgehead atoms. The third kappa shape index (κ3) is 3.88. The molecule has 0 saturated carbocycles. The number of fused-ring (bicyclic) bond motifs is 4. The van der Waals surface area contributed by atoms with Crippen LogP contribution in [0.1, 0.15) is 53.6 Å². The van der Waals surface area contributed by atoms with Crippen molar-refractivity contribution in [2.75, 3.05) is 44.2 Å². The van der Waals surface area contributed by atoms with Gasteiger partial charge in [-0.05, 0) is 62.9 Å². The fraction of sp³-hybridized carbons (Fsp3) is 0.500. The van der Waals surface area contributed by atoms with Crippen molar-refractivity contribution >= 4 is 23.4 Å². The second kappa shape index (κ2) is 9.12. The lowest BCUT2D eigenvalue weighted by molar-refractivity contribution is -0.136. The maximum atomic E-state index is 13.2. The summed E-state index contributed by atoms with van der Waals surface area (Å²) in [5.41, 5.74) is 4.09. The Balaban J connectivity index is 1.01. The van der Waals surface area contributed by atoms with Crippen LogP contribution in [0.3, 0.4) is 0 Å². The van der Waals surface area contributed by atoms with Crippen LogP contribution in [0.25, 0.3) is 0 Å². The Labute approximate surface area is 222 Å². The first-order valence-corrected chi connectivity index (χ1v) is 14.0. The first-order valence-electron chi connectivity index (χ1n) is 14.0. The van der Waals surface area contributed by atoms with Crippen LogP contribution in [-0.2, 0) is 21.5 Å². The number of nitrogens with zero attached hydrogens (tertiary/aromatic N) is 3. The van der Waals surface area contributed by atoms with Gasteiger partial charge in [-0.1, -0.05) is 24.3 Å². The number of ether oxygens (including phenoxy) is 1. The predicted molar refractivity (Wildman–Crippen MR) is 142 cm³/mol. The van der Waals surface area contributed by atoms with E-state index in [9.17, 15) is 14.4 Å². The molecule has 5 heterocycles. The number of amides is 3. The molecule has 1 spiro atoms. The molecular weight excluding hydrogens is 480 g/mol. The maximum absolute atomic E-state index is 13.2. The van der Waals surface area contributed by atoms with Crippen molar-refractivity contribution in [3.05, 3.63) is 59.2 Å². The average molecular weight is 515 g/mol. The lowest BCUT2D eigenvalue weighted by Gasteiger charge is -2.39. The predicted octanol–water partition coefficient (Wildman–Crippen LogP) is 2.70. The van der Waals surface area contributed by atoms with Crippen LogP contribution in [0.4, 0.5) is 5.69 Å². The van der Waals surface area contributed by atoms with Gasteiger partial charge in [0.25, 0.3) is 5.91 Å². The van der Waals surface area contributed by atoms with Crippen LogP contribution >= 0.6 is 0 Å². The van der Waals surface area contributed by atoms with Crippen LogP contribution in [0.2, 0.25) is 0 Å². The molecule has 2 atom stereocenters. The lowest BCUT2D eigenvalue weighted by Crippen LogP contribution is -2.52. The minimum atomic E-state index is -0.602. The second-order valence-electron chi connectivity index (χ2n) is 11.7. The molecule has 5 aliphatic heterocycles. The van der Waals surface area contributed by atoms with Gasteiger partial charge in [-0.15, -0.1) is 0 Å². The molecule has 3 fully saturated rings. The van der Waals surface area contributed by atoms with E-state index >= 15 is 0 Å². The number of anilines is 1. The van der Waals surface area contributed by atoms with Gasteiger partial charge in [0.05, 0.1) is 13.2 Å². The number of piperidine rings is 2. The number of para-hydroxylation sites is 1. The molecule has 3 amide bonds. The monoisotopic (exact) mass is 514 g/mol. The van der Waals surface area contributed by atoms with Crippen LogP contribution < -0.4 is 15.0 Å². The summed E-state index contributed by atoms with van der Waals surface area (Å²) in [6, 6.07) is 14.1. The second-order valence-corrected chi connectivity index (χ2v) is 11.7. The standard InChI is InChI=1S/C30H34N4O4/c35-26-9-8-25(28(36)31-26)34-18-23-22(29(34)37)6-7-24-27(23)38-19-30(24)11-14-32(15-12-30)16-20-10-13-33(17-20)21-4-2-1-3-5-21/h1-7,20,25H,8-19H2,(H,31,35,36). The fourth-order valence-corrected chi connectivity index (χ4v) is 7.28. The Hall–Kier alpha value is -3.39. The van der Waals surface area contributed by atoms with Gasteiger partial charge in [0.1, 0.15) is 11.8 Å². The summed E-state index contributed by atoms with van der Waals surface area (Å²) < 4.78 is 6.34. The highest BCUT2D eigenvalue weighted by molar-refractivity contribution is 6.05. The number of nitrogens with one attached hydrogen (secondary N) is 1. The van der Waals surface area contributed by atoms with Crippen molar-refractivity contribution in [1.29, 1.82) is 0 Å². The molecule has 0 aliphatic carbocycles.